The van der Waals surface area contributed by atoms with Crippen molar-refractivity contribution < 1.29 is 0 Å². The second-order valence-electron chi connectivity index (χ2n) is 5.29. The number of aryl methyl sites for hydroxylation is 1. The smallest absolute Gasteiger partial charge is 0.223 e. The van der Waals surface area contributed by atoms with Crippen molar-refractivity contribution in [2.75, 3.05) is 11.6 Å². The highest BCUT2D eigenvalue weighted by atomic mass is 32.1. The molecule has 0 aliphatic heterocycles. The van der Waals surface area contributed by atoms with Gasteiger partial charge in [0.15, 0.2) is 0 Å². The summed E-state index contributed by atoms with van der Waals surface area (Å²) < 4.78 is 0. The number of anilines is 1. The maximum atomic E-state index is 4.38. The lowest BCUT2D eigenvalue weighted by Gasteiger charge is -2.21. The molecule has 0 fully saturated rings. The summed E-state index contributed by atoms with van der Waals surface area (Å²) in [4.78, 5) is 0. The average Bonchev–Trinajstić information content (AvgIpc) is 3.05. The van der Waals surface area contributed by atoms with E-state index >= 15 is 0 Å². The van der Waals surface area contributed by atoms with Crippen molar-refractivity contribution in [2.24, 2.45) is 0 Å². The average molecular weight is 324 g/mol. The normalized spacial score (nSPS) is 10.7. The van der Waals surface area contributed by atoms with E-state index in [0.29, 0.717) is 0 Å². The fourth-order valence-corrected chi connectivity index (χ4v) is 3.31. The largest absolute Gasteiger partial charge is 0.278 e. The number of benzene rings is 2. The van der Waals surface area contributed by atoms with E-state index in [-0.39, 0.29) is 0 Å². The Morgan fingerprint density at radius 1 is 1.00 bits per heavy atom. The van der Waals surface area contributed by atoms with Crippen LogP contribution in [0.5, 0.6) is 0 Å². The van der Waals surface area contributed by atoms with Gasteiger partial charge in [-0.05, 0) is 18.1 Å². The van der Waals surface area contributed by atoms with Crippen LogP contribution in [-0.4, -0.2) is 16.7 Å². The molecule has 0 aliphatic carbocycles. The summed E-state index contributed by atoms with van der Waals surface area (Å²) in [5, 5.41) is 12.7. The molecule has 23 heavy (non-hydrogen) atoms. The van der Waals surface area contributed by atoms with Gasteiger partial charge < -0.3 is 0 Å². The van der Waals surface area contributed by atoms with Crippen molar-refractivity contribution in [1.29, 1.82) is 0 Å². The summed E-state index contributed by atoms with van der Waals surface area (Å²) in [5.74, 6) is 0. The summed E-state index contributed by atoms with van der Waals surface area (Å²) in [7, 11) is 0. The molecule has 3 rings (SSSR count). The Morgan fingerprint density at radius 3 is 2.48 bits per heavy atom. The highest BCUT2D eigenvalue weighted by molar-refractivity contribution is 7.18. The van der Waals surface area contributed by atoms with Gasteiger partial charge in [-0.2, -0.15) is 0 Å². The van der Waals surface area contributed by atoms with Crippen molar-refractivity contribution in [2.45, 2.75) is 20.4 Å². The van der Waals surface area contributed by atoms with Gasteiger partial charge in [0.2, 0.25) is 5.13 Å². The molecule has 0 spiro atoms. The lowest BCUT2D eigenvalue weighted by Crippen LogP contribution is -2.37. The first-order chi connectivity index (χ1) is 11.3. The Hall–Kier alpha value is -2.24. The maximum absolute atomic E-state index is 4.38. The highest BCUT2D eigenvalue weighted by Gasteiger charge is 2.14. The quantitative estimate of drug-likeness (QED) is 0.695. The number of nitrogens with zero attached hydrogens (tertiary/aromatic N) is 3. The topological polar surface area (TPSA) is 41.0 Å². The lowest BCUT2D eigenvalue weighted by molar-refractivity contribution is 0.639. The number of hydrazine groups is 1. The van der Waals surface area contributed by atoms with E-state index < -0.39 is 0 Å². The predicted octanol–water partition coefficient (Wildman–Crippen LogP) is 4.04. The second kappa shape index (κ2) is 7.35. The predicted molar refractivity (Wildman–Crippen MR) is 96.4 cm³/mol. The Kier molecular flexibility index (Phi) is 5.00. The molecule has 0 saturated carbocycles. The van der Waals surface area contributed by atoms with E-state index in [2.05, 4.69) is 70.9 Å². The molecule has 5 heteroatoms. The zero-order valence-electron chi connectivity index (χ0n) is 13.4. The van der Waals surface area contributed by atoms with E-state index in [4.69, 9.17) is 0 Å². The summed E-state index contributed by atoms with van der Waals surface area (Å²) in [5.41, 5.74) is 6.97. The molecule has 1 aromatic heterocycles. The van der Waals surface area contributed by atoms with E-state index in [9.17, 15) is 0 Å². The summed E-state index contributed by atoms with van der Waals surface area (Å²) in [6.45, 7) is 5.78. The summed E-state index contributed by atoms with van der Waals surface area (Å²) in [6.07, 6.45) is 0. The summed E-state index contributed by atoms with van der Waals surface area (Å²) in [6, 6.07) is 18.6. The van der Waals surface area contributed by atoms with Gasteiger partial charge in [-0.3, -0.25) is 5.01 Å². The van der Waals surface area contributed by atoms with Gasteiger partial charge in [-0.15, -0.1) is 10.2 Å². The molecule has 1 heterocycles. The third-order valence-corrected chi connectivity index (χ3v) is 4.53. The molecule has 0 saturated heterocycles. The molecule has 4 nitrogen and oxygen atoms in total. The molecule has 118 valence electrons. The fourth-order valence-electron chi connectivity index (χ4n) is 2.39. The first-order valence-corrected chi connectivity index (χ1v) is 8.54. The van der Waals surface area contributed by atoms with E-state index in [1.165, 1.54) is 11.1 Å². The SMILES string of the molecule is CCNN(Cc1ccccc1)c1nnc(-c2ccccc2C)s1. The standard InChI is InChI=1S/C18H20N4S/c1-3-19-22(13-15-10-5-4-6-11-15)18-21-20-17(23-18)16-12-8-7-9-14(16)2/h4-12,19H,3,13H2,1-2H3. The minimum atomic E-state index is 0.761. The van der Waals surface area contributed by atoms with Gasteiger partial charge in [0.1, 0.15) is 5.01 Å². The van der Waals surface area contributed by atoms with Crippen LogP contribution in [-0.2, 0) is 6.54 Å². The minimum Gasteiger partial charge on any atom is -0.278 e. The molecular weight excluding hydrogens is 304 g/mol. The Morgan fingerprint density at radius 2 is 1.74 bits per heavy atom. The van der Waals surface area contributed by atoms with Crippen LogP contribution < -0.4 is 10.4 Å². The molecule has 1 N–H and O–H groups in total. The number of nitrogens with one attached hydrogen (secondary N) is 1. The van der Waals surface area contributed by atoms with Gasteiger partial charge in [0.25, 0.3) is 0 Å². The van der Waals surface area contributed by atoms with E-state index in [1.54, 1.807) is 11.3 Å². The Balaban J connectivity index is 1.85. The highest BCUT2D eigenvalue weighted by Crippen LogP contribution is 2.30. The van der Waals surface area contributed by atoms with Crippen molar-refractivity contribution in [1.82, 2.24) is 15.6 Å². The maximum Gasteiger partial charge on any atom is 0.223 e. The van der Waals surface area contributed by atoms with Gasteiger partial charge in [-0.1, -0.05) is 72.9 Å². The second-order valence-corrected chi connectivity index (χ2v) is 6.24. The molecule has 0 atom stereocenters. The molecule has 0 unspecified atom stereocenters. The van der Waals surface area contributed by atoms with Gasteiger partial charge >= 0.3 is 0 Å². The number of hydrogen-bond donors (Lipinski definition) is 1. The van der Waals surface area contributed by atoms with Crippen molar-refractivity contribution >= 4 is 16.5 Å². The Bertz CT molecular complexity index is 754. The van der Waals surface area contributed by atoms with Crippen molar-refractivity contribution in [3.63, 3.8) is 0 Å². The van der Waals surface area contributed by atoms with Crippen LogP contribution in [0.15, 0.2) is 54.6 Å². The number of hydrogen-bond acceptors (Lipinski definition) is 5. The number of rotatable bonds is 6. The first-order valence-electron chi connectivity index (χ1n) is 7.72. The first kappa shape index (κ1) is 15.6. The van der Waals surface area contributed by atoms with Crippen LogP contribution in [0.1, 0.15) is 18.1 Å². The monoisotopic (exact) mass is 324 g/mol. The van der Waals surface area contributed by atoms with Gasteiger partial charge in [-0.25, -0.2) is 5.43 Å². The van der Waals surface area contributed by atoms with Gasteiger partial charge in [0, 0.05) is 12.1 Å². The molecule has 2 aromatic carbocycles. The molecular formula is C18H20N4S. The summed E-state index contributed by atoms with van der Waals surface area (Å²) >= 11 is 1.61. The van der Waals surface area contributed by atoms with Crippen LogP contribution in [0.3, 0.4) is 0 Å². The van der Waals surface area contributed by atoms with Crippen LogP contribution in [0.25, 0.3) is 10.6 Å². The zero-order chi connectivity index (χ0) is 16.1. The van der Waals surface area contributed by atoms with Crippen LogP contribution in [0, 0.1) is 6.92 Å². The fraction of sp³-hybridized carbons (Fsp3) is 0.222. The van der Waals surface area contributed by atoms with E-state index in [1.807, 2.05) is 18.2 Å². The molecule has 0 radical (unpaired) electrons. The molecule has 0 aliphatic rings. The van der Waals surface area contributed by atoms with Crippen LogP contribution >= 0.6 is 11.3 Å². The zero-order valence-corrected chi connectivity index (χ0v) is 14.2. The van der Waals surface area contributed by atoms with Crippen LogP contribution in [0.4, 0.5) is 5.13 Å². The number of aromatic nitrogens is 2. The molecule has 0 bridgehead atoms. The Labute approximate surface area is 140 Å². The molecule has 3 aromatic rings. The van der Waals surface area contributed by atoms with Crippen LogP contribution in [0.2, 0.25) is 0 Å². The van der Waals surface area contributed by atoms with E-state index in [0.717, 1.165) is 28.8 Å². The van der Waals surface area contributed by atoms with Crippen molar-refractivity contribution in [3.8, 4) is 10.6 Å². The van der Waals surface area contributed by atoms with Gasteiger partial charge in [0.05, 0.1) is 6.54 Å². The minimum absolute atomic E-state index is 0.761. The third-order valence-electron chi connectivity index (χ3n) is 3.55. The molecule has 0 amide bonds. The lowest BCUT2D eigenvalue weighted by atomic mass is 10.1. The third kappa shape index (κ3) is 3.75. The van der Waals surface area contributed by atoms with Crippen molar-refractivity contribution in [3.05, 3.63) is 65.7 Å².